The van der Waals surface area contributed by atoms with Gasteiger partial charge >= 0.3 is 0 Å². The van der Waals surface area contributed by atoms with Gasteiger partial charge in [0.15, 0.2) is 0 Å². The van der Waals surface area contributed by atoms with Gasteiger partial charge in [0, 0.05) is 32.9 Å². The Bertz CT molecular complexity index is 3960. The van der Waals surface area contributed by atoms with Crippen LogP contribution in [-0.4, -0.2) is 0 Å². The molecule has 0 fully saturated rings. The first-order chi connectivity index (χ1) is 31.7. The normalized spacial score (nSPS) is 11.8. The van der Waals surface area contributed by atoms with Crippen LogP contribution in [0.15, 0.2) is 241 Å². The predicted octanol–water partition coefficient (Wildman–Crippen LogP) is 17.8. The van der Waals surface area contributed by atoms with Crippen molar-refractivity contribution in [2.45, 2.75) is 0 Å². The molecule has 0 atom stereocenters. The minimum Gasteiger partial charge on any atom is -0.455 e. The van der Waals surface area contributed by atoms with E-state index >= 15 is 0 Å². The van der Waals surface area contributed by atoms with Crippen LogP contribution < -0.4 is 4.90 Å². The Kier molecular flexibility index (Phi) is 8.25. The van der Waals surface area contributed by atoms with E-state index in [1.165, 1.54) is 76.5 Å². The fourth-order valence-corrected chi connectivity index (χ4v) is 10.2. The van der Waals surface area contributed by atoms with E-state index in [1.807, 2.05) is 6.07 Å². The van der Waals surface area contributed by atoms with E-state index in [4.69, 9.17) is 4.42 Å². The molecule has 0 radical (unpaired) electrons. The summed E-state index contributed by atoms with van der Waals surface area (Å²) in [6.07, 6.45) is 0. The molecule has 298 valence electrons. The molecule has 0 saturated carbocycles. The summed E-state index contributed by atoms with van der Waals surface area (Å²) in [6, 6.07) is 86.1. The van der Waals surface area contributed by atoms with Crippen molar-refractivity contribution in [2.75, 3.05) is 4.90 Å². The highest BCUT2D eigenvalue weighted by molar-refractivity contribution is 6.20. The first-order valence-corrected chi connectivity index (χ1v) is 22.0. The molecule has 0 aliphatic heterocycles. The molecule has 13 aromatic rings. The number of fused-ring (bicyclic) bond motifs is 10. The van der Waals surface area contributed by atoms with Crippen molar-refractivity contribution in [1.82, 2.24) is 0 Å². The molecule has 0 N–H and O–H groups in total. The Balaban J connectivity index is 0.982. The Morgan fingerprint density at radius 2 is 0.797 bits per heavy atom. The van der Waals surface area contributed by atoms with Crippen LogP contribution in [0.1, 0.15) is 0 Å². The van der Waals surface area contributed by atoms with Crippen molar-refractivity contribution in [3.63, 3.8) is 0 Å². The van der Waals surface area contributed by atoms with Gasteiger partial charge in [0.1, 0.15) is 11.2 Å². The molecule has 1 heterocycles. The summed E-state index contributed by atoms with van der Waals surface area (Å²) in [5.41, 5.74) is 12.4. The van der Waals surface area contributed by atoms with Gasteiger partial charge in [-0.1, -0.05) is 188 Å². The van der Waals surface area contributed by atoms with Crippen LogP contribution in [0.5, 0.6) is 0 Å². The van der Waals surface area contributed by atoms with Crippen LogP contribution in [-0.2, 0) is 0 Å². The molecule has 0 unspecified atom stereocenters. The summed E-state index contributed by atoms with van der Waals surface area (Å²) in [5, 5.41) is 14.4. The van der Waals surface area contributed by atoms with Crippen LogP contribution in [0.4, 0.5) is 17.1 Å². The van der Waals surface area contributed by atoms with E-state index in [1.54, 1.807) is 0 Å². The van der Waals surface area contributed by atoms with Gasteiger partial charge < -0.3 is 9.32 Å². The first-order valence-electron chi connectivity index (χ1n) is 22.0. The lowest BCUT2D eigenvalue weighted by Gasteiger charge is -2.28. The molecule has 0 amide bonds. The van der Waals surface area contributed by atoms with Crippen molar-refractivity contribution in [3.8, 4) is 33.4 Å². The monoisotopic (exact) mass is 813 g/mol. The van der Waals surface area contributed by atoms with Gasteiger partial charge in [-0.3, -0.25) is 0 Å². The third-order valence-corrected chi connectivity index (χ3v) is 13.2. The molecule has 2 heteroatoms. The average Bonchev–Trinajstić information content (AvgIpc) is 3.75. The Labute approximate surface area is 370 Å². The van der Waals surface area contributed by atoms with Crippen molar-refractivity contribution >= 4 is 92.9 Å². The smallest absolute Gasteiger partial charge is 0.143 e. The molecule has 0 spiro atoms. The van der Waals surface area contributed by atoms with Crippen molar-refractivity contribution in [3.05, 3.63) is 237 Å². The molecule has 2 nitrogen and oxygen atoms in total. The number of rotatable bonds is 6. The molecule has 13 rings (SSSR count). The van der Waals surface area contributed by atoms with Crippen molar-refractivity contribution < 1.29 is 4.42 Å². The number of hydrogen-bond acceptors (Lipinski definition) is 2. The second-order valence-electron chi connectivity index (χ2n) is 16.8. The fourth-order valence-electron chi connectivity index (χ4n) is 10.2. The summed E-state index contributed by atoms with van der Waals surface area (Å²) in [4.78, 5) is 2.42. The topological polar surface area (TPSA) is 16.4 Å². The molecule has 12 aromatic carbocycles. The van der Waals surface area contributed by atoms with Crippen LogP contribution in [0, 0.1) is 0 Å². The van der Waals surface area contributed by atoms with E-state index in [0.29, 0.717) is 0 Å². The van der Waals surface area contributed by atoms with Gasteiger partial charge in [-0.05, 0) is 125 Å². The lowest BCUT2D eigenvalue weighted by Crippen LogP contribution is -2.10. The van der Waals surface area contributed by atoms with Crippen LogP contribution in [0.2, 0.25) is 0 Å². The maximum Gasteiger partial charge on any atom is 0.143 e. The van der Waals surface area contributed by atoms with Crippen LogP contribution in [0.3, 0.4) is 0 Å². The summed E-state index contributed by atoms with van der Waals surface area (Å²) < 4.78 is 6.59. The number of benzene rings is 12. The van der Waals surface area contributed by atoms with Crippen molar-refractivity contribution in [2.24, 2.45) is 0 Å². The summed E-state index contributed by atoms with van der Waals surface area (Å²) >= 11 is 0. The predicted molar refractivity (Wildman–Crippen MR) is 272 cm³/mol. The quantitative estimate of drug-likeness (QED) is 0.156. The van der Waals surface area contributed by atoms with Crippen LogP contribution >= 0.6 is 0 Å². The highest BCUT2D eigenvalue weighted by Crippen LogP contribution is 2.46. The maximum atomic E-state index is 6.59. The second-order valence-corrected chi connectivity index (χ2v) is 16.8. The molecule has 1 aromatic heterocycles. The zero-order valence-corrected chi connectivity index (χ0v) is 34.9. The number of para-hydroxylation sites is 1. The number of furan rings is 1. The highest BCUT2D eigenvalue weighted by Gasteiger charge is 2.21. The molecular formula is C62H39NO. The van der Waals surface area contributed by atoms with E-state index in [0.717, 1.165) is 49.8 Å². The first kappa shape index (κ1) is 36.2. The summed E-state index contributed by atoms with van der Waals surface area (Å²) in [5.74, 6) is 0. The standard InChI is InChI=1S/C62H39NO/c1-2-14-40(15-3-1)49-34-35-50(53-20-7-6-19-52(49)53)41-28-31-46(32-29-41)63(60-39-59-56-23-12-13-25-61(56)64-62(59)57-24-11-10-22-55(57)60)47-33-30-42-36-45(27-26-43(42)37-47)58-38-44-16-4-5-17-48(44)51-18-8-9-21-54(51)58/h1-39H. The largest absolute Gasteiger partial charge is 0.455 e. The zero-order chi connectivity index (χ0) is 42.1. The molecular weight excluding hydrogens is 775 g/mol. The SMILES string of the molecule is c1ccc(-c2ccc(-c3ccc(N(c4ccc5cc(-c6cc7ccccc7c7ccccc67)ccc5c4)c4cc5c6ccccc6oc5c5ccccc45)cc3)c3ccccc23)cc1. The van der Waals surface area contributed by atoms with E-state index in [2.05, 4.69) is 235 Å². The third kappa shape index (κ3) is 5.81. The fraction of sp³-hybridized carbons (Fsp3) is 0. The van der Waals surface area contributed by atoms with Gasteiger partial charge in [0.25, 0.3) is 0 Å². The van der Waals surface area contributed by atoms with Gasteiger partial charge in [0.05, 0.1) is 5.69 Å². The molecule has 0 bridgehead atoms. The highest BCUT2D eigenvalue weighted by atomic mass is 16.3. The second kappa shape index (κ2) is 14.6. The molecule has 0 aliphatic rings. The Hall–Kier alpha value is -8.46. The van der Waals surface area contributed by atoms with Gasteiger partial charge in [-0.15, -0.1) is 0 Å². The lowest BCUT2D eigenvalue weighted by atomic mass is 9.92. The number of anilines is 3. The van der Waals surface area contributed by atoms with Crippen LogP contribution in [0.25, 0.3) is 109 Å². The Morgan fingerprint density at radius 1 is 0.266 bits per heavy atom. The lowest BCUT2D eigenvalue weighted by molar-refractivity contribution is 0.672. The number of nitrogens with zero attached hydrogens (tertiary/aromatic N) is 1. The molecule has 0 aliphatic carbocycles. The number of hydrogen-bond donors (Lipinski definition) is 0. The molecule has 0 saturated heterocycles. The van der Waals surface area contributed by atoms with E-state index in [9.17, 15) is 0 Å². The molecule has 64 heavy (non-hydrogen) atoms. The maximum absolute atomic E-state index is 6.59. The Morgan fingerprint density at radius 3 is 1.55 bits per heavy atom. The van der Waals surface area contributed by atoms with E-state index < -0.39 is 0 Å². The summed E-state index contributed by atoms with van der Waals surface area (Å²) in [7, 11) is 0. The van der Waals surface area contributed by atoms with Gasteiger partial charge in [-0.25, -0.2) is 0 Å². The minimum atomic E-state index is 0.891. The van der Waals surface area contributed by atoms with Gasteiger partial charge in [0.2, 0.25) is 0 Å². The van der Waals surface area contributed by atoms with E-state index in [-0.39, 0.29) is 0 Å². The minimum absolute atomic E-state index is 0.891. The third-order valence-electron chi connectivity index (χ3n) is 13.2. The summed E-state index contributed by atoms with van der Waals surface area (Å²) in [6.45, 7) is 0. The average molecular weight is 814 g/mol. The van der Waals surface area contributed by atoms with Crippen molar-refractivity contribution in [1.29, 1.82) is 0 Å². The van der Waals surface area contributed by atoms with Gasteiger partial charge in [-0.2, -0.15) is 0 Å². The zero-order valence-electron chi connectivity index (χ0n) is 34.9.